The molecule has 4 nitrogen and oxygen atoms in total. The van der Waals surface area contributed by atoms with Crippen LogP contribution >= 0.6 is 0 Å². The molecule has 0 aliphatic rings. The second-order valence-electron chi connectivity index (χ2n) is 11.9. The molecule has 5 aromatic rings. The fourth-order valence-electron chi connectivity index (χ4n) is 6.13. The van der Waals surface area contributed by atoms with Crippen LogP contribution in [0.1, 0.15) is 90.9 Å². The summed E-state index contributed by atoms with van der Waals surface area (Å²) in [5.41, 5.74) is 8.23. The molecule has 0 aliphatic carbocycles. The molecule has 2 N–H and O–H groups in total. The summed E-state index contributed by atoms with van der Waals surface area (Å²) >= 11 is 0. The summed E-state index contributed by atoms with van der Waals surface area (Å²) in [6, 6.07) is 31.4. The van der Waals surface area contributed by atoms with Crippen molar-refractivity contribution in [2.24, 2.45) is 0 Å². The smallest absolute Gasteiger partial charge is 0.209 e. The van der Waals surface area contributed by atoms with Crippen LogP contribution < -0.4 is 0 Å². The predicted octanol–water partition coefficient (Wildman–Crippen LogP) is 9.57. The van der Waals surface area contributed by atoms with Crippen LogP contribution in [-0.4, -0.2) is 21.5 Å². The number of aromatic amines is 2. The van der Waals surface area contributed by atoms with E-state index in [1.165, 1.54) is 5.56 Å². The van der Waals surface area contributed by atoms with E-state index in [-0.39, 0.29) is 22.9 Å². The molecule has 0 saturated carbocycles. The molecule has 0 atom stereocenters. The molecule has 2 aromatic heterocycles. The normalized spacial score (nSPS) is 11.4. The lowest BCUT2D eigenvalue weighted by Crippen LogP contribution is -2.24. The molecule has 2 heterocycles. The molecular formula is C41H40N2O2. The minimum atomic E-state index is -0.272. The number of nitrogens with one attached hydrogen (secondary N) is 2. The first kappa shape index (κ1) is 31.2. The third-order valence-corrected chi connectivity index (χ3v) is 8.62. The maximum Gasteiger partial charge on any atom is 0.209 e. The Morgan fingerprint density at radius 1 is 0.600 bits per heavy atom. The van der Waals surface area contributed by atoms with Crippen molar-refractivity contribution in [3.8, 4) is 0 Å². The molecule has 226 valence electrons. The molecule has 0 spiro atoms. The molecule has 0 aliphatic heterocycles. The Labute approximate surface area is 266 Å². The summed E-state index contributed by atoms with van der Waals surface area (Å²) < 4.78 is 0. The van der Waals surface area contributed by atoms with Crippen LogP contribution in [0.3, 0.4) is 0 Å². The van der Waals surface area contributed by atoms with Gasteiger partial charge in [0.15, 0.2) is 0 Å². The van der Waals surface area contributed by atoms with E-state index < -0.39 is 0 Å². The number of H-pyrrole nitrogens is 2. The molecule has 0 unspecified atom stereocenters. The van der Waals surface area contributed by atoms with Gasteiger partial charge in [-0.1, -0.05) is 102 Å². The van der Waals surface area contributed by atoms with E-state index in [0.717, 1.165) is 47.3 Å². The van der Waals surface area contributed by atoms with Crippen molar-refractivity contribution in [3.05, 3.63) is 191 Å². The fourth-order valence-corrected chi connectivity index (χ4v) is 6.13. The summed E-state index contributed by atoms with van der Waals surface area (Å²) in [4.78, 5) is 33.6. The topological polar surface area (TPSA) is 65.7 Å². The zero-order valence-electron chi connectivity index (χ0n) is 26.1. The van der Waals surface area contributed by atoms with Crippen molar-refractivity contribution >= 4 is 11.6 Å². The van der Waals surface area contributed by atoms with Gasteiger partial charge in [-0.15, -0.1) is 19.7 Å². The Bertz CT molecular complexity index is 1690. The molecule has 0 fully saturated rings. The number of hydrogen-bond donors (Lipinski definition) is 2. The Hall–Kier alpha value is -5.22. The lowest BCUT2D eigenvalue weighted by atomic mass is 9.72. The van der Waals surface area contributed by atoms with Gasteiger partial charge in [0.2, 0.25) is 11.6 Å². The van der Waals surface area contributed by atoms with Crippen LogP contribution in [-0.2, 0) is 5.41 Å². The van der Waals surface area contributed by atoms with E-state index in [0.29, 0.717) is 22.5 Å². The van der Waals surface area contributed by atoms with E-state index in [2.05, 4.69) is 54.0 Å². The average Bonchev–Trinajstić information content (AvgIpc) is 3.73. The highest BCUT2D eigenvalue weighted by Gasteiger charge is 2.29. The molecule has 0 amide bonds. The van der Waals surface area contributed by atoms with Crippen molar-refractivity contribution < 1.29 is 9.59 Å². The van der Waals surface area contributed by atoms with Gasteiger partial charge in [0.1, 0.15) is 0 Å². The average molecular weight is 593 g/mol. The van der Waals surface area contributed by atoms with Crippen molar-refractivity contribution in [3.63, 3.8) is 0 Å². The number of allylic oxidation sites excluding steroid dienone is 3. The Morgan fingerprint density at radius 2 is 1.00 bits per heavy atom. The van der Waals surface area contributed by atoms with Gasteiger partial charge in [0.25, 0.3) is 0 Å². The van der Waals surface area contributed by atoms with Crippen molar-refractivity contribution in [1.29, 1.82) is 0 Å². The monoisotopic (exact) mass is 592 g/mol. The number of rotatable bonds is 14. The highest BCUT2D eigenvalue weighted by atomic mass is 16.1. The number of hydrogen-bond acceptors (Lipinski definition) is 2. The van der Waals surface area contributed by atoms with E-state index in [1.54, 1.807) is 0 Å². The Kier molecular flexibility index (Phi) is 9.44. The third-order valence-electron chi connectivity index (χ3n) is 8.62. The largest absolute Gasteiger partial charge is 0.355 e. The summed E-state index contributed by atoms with van der Waals surface area (Å²) in [5.74, 6) is -0.411. The lowest BCUT2D eigenvalue weighted by molar-refractivity contribution is 0.102. The van der Waals surface area contributed by atoms with Gasteiger partial charge in [-0.2, -0.15) is 0 Å². The summed E-state index contributed by atoms with van der Waals surface area (Å²) in [6.45, 7) is 16.0. The molecule has 3 aromatic carbocycles. The molecule has 45 heavy (non-hydrogen) atoms. The summed E-state index contributed by atoms with van der Waals surface area (Å²) in [5, 5.41) is 0. The van der Waals surface area contributed by atoms with Crippen LogP contribution in [0.2, 0.25) is 0 Å². The third kappa shape index (κ3) is 6.66. The second kappa shape index (κ2) is 13.6. The highest BCUT2D eigenvalue weighted by molar-refractivity contribution is 6.08. The van der Waals surface area contributed by atoms with Crippen molar-refractivity contribution in [2.75, 3.05) is 0 Å². The van der Waals surface area contributed by atoms with E-state index in [1.807, 2.05) is 105 Å². The number of benzene rings is 3. The standard InChI is InChI=1S/C41H40N2O2/c1-6-25-41(26-7-2,27-8-3)33-19-17-30(18-20-33)38(34-21-23-36(42-34)39(44)31-13-9-28(4)10-14-31)35-22-24-37(43-35)40(45)32-15-11-29(5)12-16-32/h6-24,38,42-43H,1-3,25-27H2,4-5H3. The van der Waals surface area contributed by atoms with Crippen molar-refractivity contribution in [2.45, 2.75) is 44.4 Å². The first-order valence-corrected chi connectivity index (χ1v) is 15.3. The minimum absolute atomic E-state index is 0.0693. The van der Waals surface area contributed by atoms with E-state index >= 15 is 0 Å². The number of aryl methyl sites for hydroxylation is 2. The Balaban J connectivity index is 1.55. The van der Waals surface area contributed by atoms with Crippen LogP contribution in [0.15, 0.2) is 135 Å². The van der Waals surface area contributed by atoms with Gasteiger partial charge >= 0.3 is 0 Å². The minimum Gasteiger partial charge on any atom is -0.355 e. The van der Waals surface area contributed by atoms with Crippen LogP contribution in [0.4, 0.5) is 0 Å². The van der Waals surface area contributed by atoms with Gasteiger partial charge in [0.05, 0.1) is 17.3 Å². The van der Waals surface area contributed by atoms with Crippen LogP contribution in [0.5, 0.6) is 0 Å². The molecule has 0 bridgehead atoms. The van der Waals surface area contributed by atoms with Crippen LogP contribution in [0, 0.1) is 13.8 Å². The SMILES string of the molecule is C=CCC(CC=C)(CC=C)c1ccc(C(c2ccc(C(=O)c3ccc(C)cc3)[nH]2)c2ccc(C(=O)c3ccc(C)cc3)[nH]2)cc1. The summed E-state index contributed by atoms with van der Waals surface area (Å²) in [7, 11) is 0. The Morgan fingerprint density at radius 3 is 1.38 bits per heavy atom. The quantitative estimate of drug-likeness (QED) is 0.0996. The first-order valence-electron chi connectivity index (χ1n) is 15.3. The lowest BCUT2D eigenvalue weighted by Gasteiger charge is -2.32. The van der Waals surface area contributed by atoms with Gasteiger partial charge in [0, 0.05) is 27.9 Å². The number of ketones is 2. The number of carbonyl (C=O) groups is 2. The van der Waals surface area contributed by atoms with Gasteiger partial charge in [-0.05, 0) is 68.5 Å². The van der Waals surface area contributed by atoms with E-state index in [4.69, 9.17) is 0 Å². The zero-order valence-corrected chi connectivity index (χ0v) is 26.1. The van der Waals surface area contributed by atoms with Crippen molar-refractivity contribution in [1.82, 2.24) is 9.97 Å². The van der Waals surface area contributed by atoms with Gasteiger partial charge in [-0.3, -0.25) is 9.59 Å². The van der Waals surface area contributed by atoms with Gasteiger partial charge < -0.3 is 9.97 Å². The molecule has 0 saturated heterocycles. The maximum absolute atomic E-state index is 13.4. The fraction of sp³-hybridized carbons (Fsp3) is 0.171. The first-order chi connectivity index (χ1) is 21.8. The second-order valence-corrected chi connectivity index (χ2v) is 11.9. The number of aromatic nitrogens is 2. The van der Waals surface area contributed by atoms with E-state index in [9.17, 15) is 9.59 Å². The highest BCUT2D eigenvalue weighted by Crippen LogP contribution is 2.39. The van der Waals surface area contributed by atoms with Gasteiger partial charge in [-0.25, -0.2) is 0 Å². The number of carbonyl (C=O) groups excluding carboxylic acids is 2. The zero-order chi connectivity index (χ0) is 32.0. The molecule has 0 radical (unpaired) electrons. The maximum atomic E-state index is 13.4. The summed E-state index contributed by atoms with van der Waals surface area (Å²) in [6.07, 6.45) is 8.28. The predicted molar refractivity (Wildman–Crippen MR) is 184 cm³/mol. The van der Waals surface area contributed by atoms with Crippen LogP contribution in [0.25, 0.3) is 0 Å². The molecular weight excluding hydrogens is 552 g/mol. The molecule has 5 rings (SSSR count). The molecule has 4 heteroatoms.